The molecule has 4 aromatic carbocycles. The molecule has 0 heterocycles. The van der Waals surface area contributed by atoms with Crippen molar-refractivity contribution in [3.05, 3.63) is 120 Å². The molecule has 0 radical (unpaired) electrons. The van der Waals surface area contributed by atoms with Crippen molar-refractivity contribution in [1.29, 1.82) is 0 Å². The highest BCUT2D eigenvalue weighted by atomic mass is 32.2. The lowest BCUT2D eigenvalue weighted by atomic mass is 10.1. The van der Waals surface area contributed by atoms with Crippen LogP contribution in [0.15, 0.2) is 119 Å². The van der Waals surface area contributed by atoms with Crippen molar-refractivity contribution in [2.45, 2.75) is 16.3 Å². The molecule has 6 nitrogen and oxygen atoms in total. The predicted octanol–water partition coefficient (Wildman–Crippen LogP) is 5.61. The standard InChI is InChI=1S/C29H28N2O4S2/c1-35-24-16-18-26(19-17-24)37(33,34)31(22-23-10-4-2-5-11-23)28-15-9-8-14-27(28)29(32)30-20-21-36-25-12-6-3-7-13-25/h2-19H,20-22H2,1H3,(H,30,32). The Labute approximate surface area is 222 Å². The number of anilines is 1. The molecule has 0 saturated carbocycles. The van der Waals surface area contributed by atoms with E-state index in [-0.39, 0.29) is 17.3 Å². The largest absolute Gasteiger partial charge is 0.497 e. The van der Waals surface area contributed by atoms with E-state index in [2.05, 4.69) is 5.32 Å². The van der Waals surface area contributed by atoms with Crippen LogP contribution in [0.2, 0.25) is 0 Å². The van der Waals surface area contributed by atoms with Gasteiger partial charge in [0, 0.05) is 17.2 Å². The summed E-state index contributed by atoms with van der Waals surface area (Å²) in [5.41, 5.74) is 1.41. The van der Waals surface area contributed by atoms with E-state index in [1.165, 1.54) is 23.5 Å². The van der Waals surface area contributed by atoms with Crippen LogP contribution in [-0.4, -0.2) is 33.7 Å². The summed E-state index contributed by atoms with van der Waals surface area (Å²) in [5, 5.41) is 2.94. The number of nitrogens with zero attached hydrogens (tertiary/aromatic N) is 1. The van der Waals surface area contributed by atoms with Gasteiger partial charge in [-0.25, -0.2) is 8.42 Å². The molecule has 4 rings (SSSR count). The molecule has 8 heteroatoms. The maximum Gasteiger partial charge on any atom is 0.264 e. The number of nitrogens with one attached hydrogen (secondary N) is 1. The second-order valence-electron chi connectivity index (χ2n) is 8.11. The first-order valence-electron chi connectivity index (χ1n) is 11.7. The Kier molecular flexibility index (Phi) is 8.87. The molecular formula is C29H28N2O4S2. The molecule has 0 aromatic heterocycles. The first kappa shape index (κ1) is 26.3. The predicted molar refractivity (Wildman–Crippen MR) is 149 cm³/mol. The van der Waals surface area contributed by atoms with E-state index in [4.69, 9.17) is 4.74 Å². The first-order chi connectivity index (χ1) is 18.0. The summed E-state index contributed by atoms with van der Waals surface area (Å²) in [4.78, 5) is 14.5. The molecule has 1 N–H and O–H groups in total. The van der Waals surface area contributed by atoms with Crippen molar-refractivity contribution < 1.29 is 17.9 Å². The number of rotatable bonds is 11. The fourth-order valence-electron chi connectivity index (χ4n) is 3.75. The summed E-state index contributed by atoms with van der Waals surface area (Å²) >= 11 is 1.64. The van der Waals surface area contributed by atoms with Crippen LogP contribution < -0.4 is 14.4 Å². The van der Waals surface area contributed by atoms with Gasteiger partial charge >= 0.3 is 0 Å². The van der Waals surface area contributed by atoms with Gasteiger partial charge in [0.1, 0.15) is 5.75 Å². The number of benzene rings is 4. The molecular weight excluding hydrogens is 504 g/mol. The third kappa shape index (κ3) is 6.72. The van der Waals surface area contributed by atoms with Gasteiger partial charge < -0.3 is 10.1 Å². The lowest BCUT2D eigenvalue weighted by Gasteiger charge is -2.26. The van der Waals surface area contributed by atoms with Crippen molar-refractivity contribution in [3.63, 3.8) is 0 Å². The number of methoxy groups -OCH3 is 1. The van der Waals surface area contributed by atoms with E-state index in [9.17, 15) is 13.2 Å². The van der Waals surface area contributed by atoms with Crippen molar-refractivity contribution in [2.24, 2.45) is 0 Å². The number of thioether (sulfide) groups is 1. The summed E-state index contributed by atoms with van der Waals surface area (Å²) in [5.74, 6) is 0.921. The highest BCUT2D eigenvalue weighted by Gasteiger charge is 2.28. The van der Waals surface area contributed by atoms with Gasteiger partial charge in [-0.15, -0.1) is 11.8 Å². The molecule has 0 atom stereocenters. The first-order valence-corrected chi connectivity index (χ1v) is 14.2. The van der Waals surface area contributed by atoms with E-state index < -0.39 is 10.0 Å². The molecule has 37 heavy (non-hydrogen) atoms. The molecule has 0 aliphatic carbocycles. The van der Waals surface area contributed by atoms with Crippen molar-refractivity contribution in [3.8, 4) is 5.75 Å². The van der Waals surface area contributed by atoms with Gasteiger partial charge in [0.15, 0.2) is 0 Å². The van der Waals surface area contributed by atoms with Crippen molar-refractivity contribution >= 4 is 33.4 Å². The van der Waals surface area contributed by atoms with Crippen LogP contribution in [0.25, 0.3) is 0 Å². The van der Waals surface area contributed by atoms with E-state index in [0.29, 0.717) is 29.3 Å². The Balaban J connectivity index is 1.61. The minimum Gasteiger partial charge on any atom is -0.497 e. The summed E-state index contributed by atoms with van der Waals surface area (Å²) in [6.45, 7) is 0.514. The molecule has 0 bridgehead atoms. The van der Waals surface area contributed by atoms with Gasteiger partial charge in [0.05, 0.1) is 29.8 Å². The van der Waals surface area contributed by atoms with Crippen molar-refractivity contribution in [1.82, 2.24) is 5.32 Å². The van der Waals surface area contributed by atoms with Gasteiger partial charge in [0.2, 0.25) is 0 Å². The van der Waals surface area contributed by atoms with Gasteiger partial charge in [-0.2, -0.15) is 0 Å². The third-order valence-corrected chi connectivity index (χ3v) is 8.42. The second-order valence-corrected chi connectivity index (χ2v) is 11.1. The zero-order valence-electron chi connectivity index (χ0n) is 20.4. The van der Waals surface area contributed by atoms with Crippen LogP contribution in [0.1, 0.15) is 15.9 Å². The molecule has 0 aliphatic rings. The highest BCUT2D eigenvalue weighted by molar-refractivity contribution is 7.99. The second kappa shape index (κ2) is 12.5. The normalized spacial score (nSPS) is 11.1. The molecule has 0 aliphatic heterocycles. The van der Waals surface area contributed by atoms with Gasteiger partial charge in [-0.1, -0.05) is 60.7 Å². The number of hydrogen-bond acceptors (Lipinski definition) is 5. The molecule has 1 amide bonds. The molecule has 190 valence electrons. The third-order valence-electron chi connectivity index (χ3n) is 5.63. The number of ether oxygens (including phenoxy) is 1. The molecule has 0 unspecified atom stereocenters. The number of amides is 1. The highest BCUT2D eigenvalue weighted by Crippen LogP contribution is 2.30. The number of sulfonamides is 1. The minimum atomic E-state index is -4.00. The average Bonchev–Trinajstić information content (AvgIpc) is 2.95. The van der Waals surface area contributed by atoms with Crippen LogP contribution in [0.5, 0.6) is 5.75 Å². The van der Waals surface area contributed by atoms with Crippen LogP contribution in [0.3, 0.4) is 0 Å². The quantitative estimate of drug-likeness (QED) is 0.201. The number of hydrogen-bond donors (Lipinski definition) is 1. The maximum atomic E-state index is 13.9. The van der Waals surface area contributed by atoms with Crippen LogP contribution >= 0.6 is 11.8 Å². The smallest absolute Gasteiger partial charge is 0.264 e. The van der Waals surface area contributed by atoms with Gasteiger partial charge in [-0.3, -0.25) is 9.10 Å². The molecule has 0 spiro atoms. The summed E-state index contributed by atoms with van der Waals surface area (Å²) < 4.78 is 34.2. The van der Waals surface area contributed by atoms with E-state index in [0.717, 1.165) is 10.5 Å². The Hall–Kier alpha value is -3.75. The molecule has 0 saturated heterocycles. The fourth-order valence-corrected chi connectivity index (χ4v) is 6.01. The maximum absolute atomic E-state index is 13.9. The van der Waals surface area contributed by atoms with Gasteiger partial charge in [-0.05, 0) is 54.1 Å². The van der Waals surface area contributed by atoms with Gasteiger partial charge in [0.25, 0.3) is 15.9 Å². The Morgan fingerprint density at radius 2 is 1.46 bits per heavy atom. The van der Waals surface area contributed by atoms with Crippen LogP contribution in [-0.2, 0) is 16.6 Å². The topological polar surface area (TPSA) is 75.7 Å². The molecule has 4 aromatic rings. The lowest BCUT2D eigenvalue weighted by molar-refractivity contribution is 0.0957. The number of carbonyl (C=O) groups excluding carboxylic acids is 1. The summed E-state index contributed by atoms with van der Waals surface area (Å²) in [6.07, 6.45) is 0. The number of carbonyl (C=O) groups is 1. The van der Waals surface area contributed by atoms with E-state index >= 15 is 0 Å². The van der Waals surface area contributed by atoms with Crippen LogP contribution in [0.4, 0.5) is 5.69 Å². The van der Waals surface area contributed by atoms with Crippen LogP contribution in [0, 0.1) is 0 Å². The zero-order valence-corrected chi connectivity index (χ0v) is 22.0. The van der Waals surface area contributed by atoms with E-state index in [1.807, 2.05) is 60.7 Å². The monoisotopic (exact) mass is 532 g/mol. The Morgan fingerprint density at radius 1 is 0.838 bits per heavy atom. The summed E-state index contributed by atoms with van der Waals surface area (Å²) in [7, 11) is -2.47. The average molecular weight is 533 g/mol. The van der Waals surface area contributed by atoms with Crippen molar-refractivity contribution in [2.75, 3.05) is 23.7 Å². The minimum absolute atomic E-state index is 0.0728. The Morgan fingerprint density at radius 3 is 2.14 bits per heavy atom. The fraction of sp³-hybridized carbons (Fsp3) is 0.138. The Bertz CT molecular complexity index is 1410. The molecule has 0 fully saturated rings. The summed E-state index contributed by atoms with van der Waals surface area (Å²) in [6, 6.07) is 32.3. The lowest BCUT2D eigenvalue weighted by Crippen LogP contribution is -2.34. The van der Waals surface area contributed by atoms with E-state index in [1.54, 1.807) is 48.2 Å². The SMILES string of the molecule is COc1ccc(S(=O)(=O)N(Cc2ccccc2)c2ccccc2C(=O)NCCSc2ccccc2)cc1. The number of para-hydroxylation sites is 1. The zero-order chi connectivity index (χ0) is 26.1.